The molecule has 29 heavy (non-hydrogen) atoms. The minimum Gasteiger partial charge on any atom is -0.316 e. The molecule has 2 unspecified atom stereocenters. The molecule has 5 nitrogen and oxygen atoms in total. The van der Waals surface area contributed by atoms with Crippen LogP contribution in [0.5, 0.6) is 0 Å². The largest absolute Gasteiger partial charge is 0.316 e. The molecular formula is C24H35N5. The quantitative estimate of drug-likeness (QED) is 0.837. The van der Waals surface area contributed by atoms with Gasteiger partial charge in [0.2, 0.25) is 0 Å². The van der Waals surface area contributed by atoms with E-state index in [1.807, 2.05) is 0 Å². The maximum absolute atomic E-state index is 4.50. The summed E-state index contributed by atoms with van der Waals surface area (Å²) in [5.74, 6) is 4.07. The number of piperidine rings is 1. The summed E-state index contributed by atoms with van der Waals surface area (Å²) >= 11 is 0. The Morgan fingerprint density at radius 3 is 2.41 bits per heavy atom. The van der Waals surface area contributed by atoms with Crippen LogP contribution in [0.3, 0.4) is 0 Å². The normalized spacial score (nSPS) is 32.3. The van der Waals surface area contributed by atoms with E-state index >= 15 is 0 Å². The molecular weight excluding hydrogens is 358 g/mol. The zero-order valence-electron chi connectivity index (χ0n) is 18.1. The van der Waals surface area contributed by atoms with E-state index in [0.717, 1.165) is 36.9 Å². The van der Waals surface area contributed by atoms with E-state index < -0.39 is 0 Å². The molecule has 2 bridgehead atoms. The predicted octanol–water partition coefficient (Wildman–Crippen LogP) is 3.88. The SMILES string of the molecule is Cc1nnc(C(C)C)n1C1CC2CCC(C1)N2C[C@H]1CNC[C@@H]1c1ccccc1. The molecule has 0 spiro atoms. The van der Waals surface area contributed by atoms with Crippen LogP contribution < -0.4 is 5.32 Å². The lowest BCUT2D eigenvalue weighted by molar-refractivity contribution is 0.0872. The molecule has 4 heterocycles. The zero-order chi connectivity index (χ0) is 20.0. The highest BCUT2D eigenvalue weighted by atomic mass is 15.3. The van der Waals surface area contributed by atoms with Crippen molar-refractivity contribution >= 4 is 0 Å². The van der Waals surface area contributed by atoms with Crippen molar-refractivity contribution in [3.05, 3.63) is 47.5 Å². The van der Waals surface area contributed by atoms with Gasteiger partial charge in [-0.05, 0) is 50.6 Å². The first kappa shape index (κ1) is 19.3. The van der Waals surface area contributed by atoms with E-state index in [2.05, 4.69) is 76.1 Å². The van der Waals surface area contributed by atoms with Crippen molar-refractivity contribution in [3.8, 4) is 0 Å². The van der Waals surface area contributed by atoms with E-state index in [9.17, 15) is 0 Å². The average Bonchev–Trinajstić information content (AvgIpc) is 3.39. The van der Waals surface area contributed by atoms with E-state index in [1.165, 1.54) is 43.6 Å². The van der Waals surface area contributed by atoms with E-state index in [0.29, 0.717) is 17.9 Å². The molecule has 1 aromatic carbocycles. The highest BCUT2D eigenvalue weighted by molar-refractivity contribution is 5.22. The topological polar surface area (TPSA) is 46.0 Å². The lowest BCUT2D eigenvalue weighted by Gasteiger charge is -2.42. The van der Waals surface area contributed by atoms with Gasteiger partial charge in [0, 0.05) is 43.1 Å². The Morgan fingerprint density at radius 2 is 1.72 bits per heavy atom. The number of fused-ring (bicyclic) bond motifs is 2. The minimum atomic E-state index is 0.433. The van der Waals surface area contributed by atoms with Gasteiger partial charge in [-0.25, -0.2) is 0 Å². The van der Waals surface area contributed by atoms with Crippen molar-refractivity contribution in [2.75, 3.05) is 19.6 Å². The van der Waals surface area contributed by atoms with Crippen LogP contribution in [-0.2, 0) is 0 Å². The summed E-state index contributed by atoms with van der Waals surface area (Å²) in [7, 11) is 0. The lowest BCUT2D eigenvalue weighted by atomic mass is 9.87. The second-order valence-corrected chi connectivity index (χ2v) is 9.77. The molecule has 1 N–H and O–H groups in total. The van der Waals surface area contributed by atoms with Gasteiger partial charge in [0.05, 0.1) is 0 Å². The number of nitrogens with one attached hydrogen (secondary N) is 1. The second-order valence-electron chi connectivity index (χ2n) is 9.77. The summed E-state index contributed by atoms with van der Waals surface area (Å²) in [5, 5.41) is 12.6. The molecule has 0 aliphatic carbocycles. The third-order valence-corrected chi connectivity index (χ3v) is 7.65. The molecule has 0 radical (unpaired) electrons. The lowest BCUT2D eigenvalue weighted by Crippen LogP contribution is -2.46. The molecule has 2 aromatic rings. The van der Waals surface area contributed by atoms with Crippen molar-refractivity contribution < 1.29 is 0 Å². The van der Waals surface area contributed by atoms with Gasteiger partial charge in [0.1, 0.15) is 11.6 Å². The molecule has 3 fully saturated rings. The highest BCUT2D eigenvalue weighted by Gasteiger charge is 2.44. The van der Waals surface area contributed by atoms with Gasteiger partial charge in [-0.3, -0.25) is 4.90 Å². The molecule has 0 saturated carbocycles. The summed E-state index contributed by atoms with van der Waals surface area (Å²) in [4.78, 5) is 2.87. The summed E-state index contributed by atoms with van der Waals surface area (Å²) < 4.78 is 2.47. The molecule has 3 aliphatic heterocycles. The summed E-state index contributed by atoms with van der Waals surface area (Å²) in [5.41, 5.74) is 1.51. The molecule has 1 aromatic heterocycles. The first-order valence-electron chi connectivity index (χ1n) is 11.5. The fourth-order valence-corrected chi connectivity index (χ4v) is 6.27. The second kappa shape index (κ2) is 7.84. The van der Waals surface area contributed by atoms with Crippen LogP contribution in [0.1, 0.15) is 74.6 Å². The van der Waals surface area contributed by atoms with E-state index in [-0.39, 0.29) is 0 Å². The summed E-state index contributed by atoms with van der Waals surface area (Å²) in [6.45, 7) is 10.1. The Kier molecular flexibility index (Phi) is 5.21. The van der Waals surface area contributed by atoms with Crippen LogP contribution in [-0.4, -0.2) is 51.4 Å². The number of hydrogen-bond acceptors (Lipinski definition) is 4. The maximum Gasteiger partial charge on any atom is 0.135 e. The number of hydrogen-bond donors (Lipinski definition) is 1. The average molecular weight is 394 g/mol. The fraction of sp³-hybridized carbons (Fsp3) is 0.667. The van der Waals surface area contributed by atoms with Gasteiger partial charge in [0.15, 0.2) is 0 Å². The summed E-state index contributed by atoms with van der Waals surface area (Å²) in [6, 6.07) is 13.1. The van der Waals surface area contributed by atoms with Crippen LogP contribution in [0.2, 0.25) is 0 Å². The van der Waals surface area contributed by atoms with Gasteiger partial charge in [-0.15, -0.1) is 10.2 Å². The third kappa shape index (κ3) is 3.53. The number of aryl methyl sites for hydroxylation is 1. The van der Waals surface area contributed by atoms with Gasteiger partial charge in [-0.2, -0.15) is 0 Å². The van der Waals surface area contributed by atoms with Crippen LogP contribution in [0, 0.1) is 12.8 Å². The molecule has 156 valence electrons. The zero-order valence-corrected chi connectivity index (χ0v) is 18.1. The first-order valence-corrected chi connectivity index (χ1v) is 11.5. The third-order valence-electron chi connectivity index (χ3n) is 7.65. The Labute approximate surface area is 174 Å². The smallest absolute Gasteiger partial charge is 0.135 e. The molecule has 5 heteroatoms. The van der Waals surface area contributed by atoms with Crippen LogP contribution >= 0.6 is 0 Å². The van der Waals surface area contributed by atoms with Crippen molar-refractivity contribution in [2.24, 2.45) is 5.92 Å². The number of nitrogens with zero attached hydrogens (tertiary/aromatic N) is 4. The minimum absolute atomic E-state index is 0.433. The van der Waals surface area contributed by atoms with E-state index in [4.69, 9.17) is 0 Å². The number of rotatable bonds is 5. The predicted molar refractivity (Wildman–Crippen MR) is 116 cm³/mol. The van der Waals surface area contributed by atoms with Gasteiger partial charge >= 0.3 is 0 Å². The first-order chi connectivity index (χ1) is 14.1. The molecule has 4 atom stereocenters. The van der Waals surface area contributed by atoms with Crippen LogP contribution in [0.15, 0.2) is 30.3 Å². The van der Waals surface area contributed by atoms with Gasteiger partial charge in [0.25, 0.3) is 0 Å². The van der Waals surface area contributed by atoms with Crippen LogP contribution in [0.4, 0.5) is 0 Å². The Hall–Kier alpha value is -1.72. The molecule has 0 amide bonds. The maximum atomic E-state index is 4.50. The van der Waals surface area contributed by atoms with Crippen LogP contribution in [0.25, 0.3) is 0 Å². The molecule has 3 aliphatic rings. The Morgan fingerprint density at radius 1 is 1.00 bits per heavy atom. The Bertz CT molecular complexity index is 815. The van der Waals surface area contributed by atoms with Crippen molar-refractivity contribution in [1.29, 1.82) is 0 Å². The highest BCUT2D eigenvalue weighted by Crippen LogP contribution is 2.43. The fourth-order valence-electron chi connectivity index (χ4n) is 6.27. The molecule has 3 saturated heterocycles. The summed E-state index contributed by atoms with van der Waals surface area (Å²) in [6.07, 6.45) is 5.22. The van der Waals surface area contributed by atoms with E-state index in [1.54, 1.807) is 0 Å². The molecule has 5 rings (SSSR count). The van der Waals surface area contributed by atoms with Gasteiger partial charge in [-0.1, -0.05) is 44.2 Å². The van der Waals surface area contributed by atoms with Crippen molar-refractivity contribution in [1.82, 2.24) is 25.0 Å². The van der Waals surface area contributed by atoms with Crippen molar-refractivity contribution in [2.45, 2.75) is 76.4 Å². The van der Waals surface area contributed by atoms with Gasteiger partial charge < -0.3 is 9.88 Å². The van der Waals surface area contributed by atoms with Crippen molar-refractivity contribution in [3.63, 3.8) is 0 Å². The standard InChI is InChI=1S/C24H35N5/c1-16(2)24-27-26-17(3)29(24)22-11-20-9-10-21(12-22)28(20)15-19-13-25-14-23(19)18-7-5-4-6-8-18/h4-8,16,19-23,25H,9-15H2,1-3H3/t19-,20?,21?,22?,23-/m1/s1. The number of benzene rings is 1. The Balaban J connectivity index is 1.31. The number of aromatic nitrogens is 3. The monoisotopic (exact) mass is 393 g/mol.